The minimum absolute atomic E-state index is 0.0645. The van der Waals surface area contributed by atoms with Crippen molar-refractivity contribution in [3.63, 3.8) is 0 Å². The van der Waals surface area contributed by atoms with Crippen molar-refractivity contribution in [2.24, 2.45) is 0 Å². The van der Waals surface area contributed by atoms with Crippen molar-refractivity contribution in [2.75, 3.05) is 11.8 Å². The maximum absolute atomic E-state index is 13.6. The second kappa shape index (κ2) is 6.43. The van der Waals surface area contributed by atoms with Crippen LogP contribution in [0.3, 0.4) is 0 Å². The van der Waals surface area contributed by atoms with E-state index in [1.54, 1.807) is 19.2 Å². The highest BCUT2D eigenvalue weighted by atomic mass is 35.5. The maximum atomic E-state index is 13.6. The van der Waals surface area contributed by atoms with Gasteiger partial charge in [0.2, 0.25) is 0 Å². The molecule has 0 spiro atoms. The maximum Gasteiger partial charge on any atom is 0.261 e. The van der Waals surface area contributed by atoms with Crippen molar-refractivity contribution in [1.82, 2.24) is 5.32 Å². The number of anilines is 1. The largest absolute Gasteiger partial charge is 0.316 e. The third kappa shape index (κ3) is 3.93. The van der Waals surface area contributed by atoms with E-state index in [4.69, 9.17) is 11.6 Å². The highest BCUT2D eigenvalue weighted by Crippen LogP contribution is 2.23. The number of hydrogen-bond acceptors (Lipinski definition) is 3. The molecule has 0 heterocycles. The molecule has 112 valence electrons. The zero-order valence-electron chi connectivity index (χ0n) is 11.2. The second-order valence-electron chi connectivity index (χ2n) is 4.41. The van der Waals surface area contributed by atoms with Crippen LogP contribution in [-0.2, 0) is 16.6 Å². The molecule has 0 unspecified atom stereocenters. The van der Waals surface area contributed by atoms with Crippen LogP contribution in [0.5, 0.6) is 0 Å². The fourth-order valence-electron chi connectivity index (χ4n) is 1.81. The first kappa shape index (κ1) is 15.8. The first-order valence-corrected chi connectivity index (χ1v) is 8.00. The van der Waals surface area contributed by atoms with Gasteiger partial charge in [0.1, 0.15) is 5.82 Å². The van der Waals surface area contributed by atoms with E-state index >= 15 is 0 Å². The number of hydrogen-bond donors (Lipinski definition) is 2. The van der Waals surface area contributed by atoms with E-state index < -0.39 is 15.8 Å². The van der Waals surface area contributed by atoms with E-state index in [0.29, 0.717) is 6.54 Å². The molecule has 4 nitrogen and oxygen atoms in total. The first-order chi connectivity index (χ1) is 9.92. The lowest BCUT2D eigenvalue weighted by Gasteiger charge is -2.10. The average Bonchev–Trinajstić information content (AvgIpc) is 2.43. The summed E-state index contributed by atoms with van der Waals surface area (Å²) in [5.74, 6) is -0.686. The van der Waals surface area contributed by atoms with Crippen LogP contribution in [0.15, 0.2) is 47.4 Å². The van der Waals surface area contributed by atoms with Crippen LogP contribution in [-0.4, -0.2) is 15.5 Å². The molecule has 7 heteroatoms. The minimum Gasteiger partial charge on any atom is -0.316 e. The Balaban J connectivity index is 2.34. The van der Waals surface area contributed by atoms with Crippen LogP contribution in [0, 0.1) is 5.82 Å². The Hall–Kier alpha value is -1.63. The lowest BCUT2D eigenvalue weighted by molar-refractivity contribution is 0.598. The summed E-state index contributed by atoms with van der Waals surface area (Å²) < 4.78 is 40.4. The van der Waals surface area contributed by atoms with Crippen molar-refractivity contribution in [1.29, 1.82) is 0 Å². The molecule has 0 amide bonds. The fraction of sp³-hybridized carbons (Fsp3) is 0.143. The van der Waals surface area contributed by atoms with E-state index in [-0.39, 0.29) is 15.6 Å². The summed E-state index contributed by atoms with van der Waals surface area (Å²) in [7, 11) is -2.11. The summed E-state index contributed by atoms with van der Waals surface area (Å²) in [6.07, 6.45) is 0. The number of benzene rings is 2. The molecule has 0 aliphatic carbocycles. The Bertz CT molecular complexity index is 750. The average molecular weight is 329 g/mol. The Labute approximate surface area is 128 Å². The quantitative estimate of drug-likeness (QED) is 0.887. The fourth-order valence-corrected chi connectivity index (χ4v) is 3.11. The summed E-state index contributed by atoms with van der Waals surface area (Å²) in [5.41, 5.74) is 0.633. The van der Waals surface area contributed by atoms with E-state index in [9.17, 15) is 12.8 Å². The predicted octanol–water partition coefficient (Wildman–Crippen LogP) is 3.00. The summed E-state index contributed by atoms with van der Waals surface area (Å²) >= 11 is 5.75. The molecule has 2 aromatic rings. The molecule has 0 aromatic heterocycles. The molecule has 2 aromatic carbocycles. The van der Waals surface area contributed by atoms with Crippen molar-refractivity contribution < 1.29 is 12.8 Å². The number of rotatable bonds is 5. The highest BCUT2D eigenvalue weighted by molar-refractivity contribution is 7.92. The zero-order valence-corrected chi connectivity index (χ0v) is 12.8. The second-order valence-corrected chi connectivity index (χ2v) is 6.53. The summed E-state index contributed by atoms with van der Waals surface area (Å²) in [6.45, 7) is 0.537. The molecule has 0 bridgehead atoms. The number of sulfonamides is 1. The van der Waals surface area contributed by atoms with Gasteiger partial charge in [-0.05, 0) is 42.9 Å². The Morgan fingerprint density at radius 3 is 2.67 bits per heavy atom. The van der Waals surface area contributed by atoms with Gasteiger partial charge < -0.3 is 5.32 Å². The van der Waals surface area contributed by atoms with Crippen molar-refractivity contribution >= 4 is 27.3 Å². The van der Waals surface area contributed by atoms with Gasteiger partial charge in [-0.15, -0.1) is 0 Å². The van der Waals surface area contributed by atoms with Crippen LogP contribution < -0.4 is 10.0 Å². The van der Waals surface area contributed by atoms with E-state index in [1.165, 1.54) is 24.3 Å². The van der Waals surface area contributed by atoms with Crippen molar-refractivity contribution in [3.05, 3.63) is 58.9 Å². The van der Waals surface area contributed by atoms with Gasteiger partial charge in [-0.3, -0.25) is 4.72 Å². The predicted molar refractivity (Wildman–Crippen MR) is 81.4 cm³/mol. The summed E-state index contributed by atoms with van der Waals surface area (Å²) in [6, 6.07) is 10.1. The van der Waals surface area contributed by atoms with Gasteiger partial charge in [0.05, 0.1) is 10.6 Å². The van der Waals surface area contributed by atoms with Gasteiger partial charge in [0.25, 0.3) is 10.0 Å². The van der Waals surface area contributed by atoms with Crippen LogP contribution in [0.4, 0.5) is 10.1 Å². The molecule has 0 radical (unpaired) electrons. The molecule has 0 saturated heterocycles. The third-order valence-electron chi connectivity index (χ3n) is 2.76. The highest BCUT2D eigenvalue weighted by Gasteiger charge is 2.16. The number of nitrogens with one attached hydrogen (secondary N) is 2. The van der Waals surface area contributed by atoms with Crippen LogP contribution >= 0.6 is 11.6 Å². The molecule has 0 aliphatic rings. The van der Waals surface area contributed by atoms with Crippen LogP contribution in [0.25, 0.3) is 0 Å². The topological polar surface area (TPSA) is 58.2 Å². The third-order valence-corrected chi connectivity index (χ3v) is 4.36. The molecule has 0 atom stereocenters. The molecular formula is C14H14ClFN2O2S. The lowest BCUT2D eigenvalue weighted by Crippen LogP contribution is -2.15. The normalized spacial score (nSPS) is 11.4. The Morgan fingerprint density at radius 2 is 1.95 bits per heavy atom. The van der Waals surface area contributed by atoms with Gasteiger partial charge in [0.15, 0.2) is 0 Å². The molecule has 2 rings (SSSR count). The standard InChI is InChI=1S/C14H14ClFN2O2S/c1-17-9-10-3-2-4-12(7-10)21(19,20)18-14-8-11(15)5-6-13(14)16/h2-8,17-18H,9H2,1H3. The minimum atomic E-state index is -3.87. The first-order valence-electron chi connectivity index (χ1n) is 6.14. The van der Waals surface area contributed by atoms with Gasteiger partial charge in [-0.25, -0.2) is 12.8 Å². The van der Waals surface area contributed by atoms with Gasteiger partial charge >= 0.3 is 0 Å². The van der Waals surface area contributed by atoms with Gasteiger partial charge in [-0.1, -0.05) is 23.7 Å². The van der Waals surface area contributed by atoms with E-state index in [2.05, 4.69) is 10.0 Å². The van der Waals surface area contributed by atoms with Gasteiger partial charge in [0, 0.05) is 11.6 Å². The Morgan fingerprint density at radius 1 is 1.19 bits per heavy atom. The van der Waals surface area contributed by atoms with Gasteiger partial charge in [-0.2, -0.15) is 0 Å². The molecular weight excluding hydrogens is 315 g/mol. The molecule has 2 N–H and O–H groups in total. The molecule has 21 heavy (non-hydrogen) atoms. The van der Waals surface area contributed by atoms with Crippen molar-refractivity contribution in [3.8, 4) is 0 Å². The SMILES string of the molecule is CNCc1cccc(S(=O)(=O)Nc2cc(Cl)ccc2F)c1. The summed E-state index contributed by atoms with van der Waals surface area (Å²) in [5, 5.41) is 3.18. The zero-order chi connectivity index (χ0) is 15.5. The monoisotopic (exact) mass is 328 g/mol. The van der Waals surface area contributed by atoms with Crippen LogP contribution in [0.2, 0.25) is 5.02 Å². The van der Waals surface area contributed by atoms with Crippen LogP contribution in [0.1, 0.15) is 5.56 Å². The Kier molecular flexibility index (Phi) is 4.82. The molecule has 0 saturated carbocycles. The van der Waals surface area contributed by atoms with E-state index in [0.717, 1.165) is 11.6 Å². The molecule has 0 aliphatic heterocycles. The molecule has 0 fully saturated rings. The number of halogens is 2. The summed E-state index contributed by atoms with van der Waals surface area (Å²) in [4.78, 5) is 0.0645. The van der Waals surface area contributed by atoms with Crippen molar-refractivity contribution in [2.45, 2.75) is 11.4 Å². The lowest BCUT2D eigenvalue weighted by atomic mass is 10.2. The smallest absolute Gasteiger partial charge is 0.261 e. The van der Waals surface area contributed by atoms with E-state index in [1.807, 2.05) is 0 Å².